The third-order valence-corrected chi connectivity index (χ3v) is 4.13. The van der Waals surface area contributed by atoms with Gasteiger partial charge in [0.25, 0.3) is 0 Å². The Hall–Kier alpha value is -2.30. The molecule has 1 heterocycles. The maximum absolute atomic E-state index is 11.9. The number of hydrogen-bond donors (Lipinski definition) is 2. The molecule has 0 saturated heterocycles. The summed E-state index contributed by atoms with van der Waals surface area (Å²) >= 11 is 0. The van der Waals surface area contributed by atoms with Crippen LogP contribution in [0.3, 0.4) is 0 Å². The van der Waals surface area contributed by atoms with Crippen LogP contribution in [0.2, 0.25) is 0 Å². The molecule has 1 aromatic carbocycles. The number of amides is 2. The van der Waals surface area contributed by atoms with E-state index in [1.54, 1.807) is 12.5 Å². The Morgan fingerprint density at radius 3 is 2.64 bits per heavy atom. The molecule has 1 aliphatic rings. The second kappa shape index (κ2) is 7.11. The lowest BCUT2D eigenvalue weighted by Gasteiger charge is -2.22. The number of aromatic nitrogens is 2. The molecule has 0 spiro atoms. The Bertz CT molecular complexity index is 586. The van der Waals surface area contributed by atoms with Gasteiger partial charge in [0.15, 0.2) is 0 Å². The third kappa shape index (κ3) is 3.87. The molecule has 1 saturated carbocycles. The van der Waals surface area contributed by atoms with Crippen molar-refractivity contribution >= 4 is 6.03 Å². The van der Waals surface area contributed by atoms with Crippen LogP contribution in [0.25, 0.3) is 5.69 Å². The van der Waals surface area contributed by atoms with Crippen molar-refractivity contribution in [3.63, 3.8) is 0 Å². The summed E-state index contributed by atoms with van der Waals surface area (Å²) in [6.45, 7) is 0.544. The highest BCUT2D eigenvalue weighted by Gasteiger charge is 2.15. The van der Waals surface area contributed by atoms with E-state index in [4.69, 9.17) is 0 Å². The van der Waals surface area contributed by atoms with Crippen molar-refractivity contribution in [1.82, 2.24) is 20.2 Å². The van der Waals surface area contributed by atoms with E-state index >= 15 is 0 Å². The van der Waals surface area contributed by atoms with Crippen molar-refractivity contribution in [3.8, 4) is 5.69 Å². The molecule has 0 radical (unpaired) electrons. The molecule has 1 aromatic heterocycles. The van der Waals surface area contributed by atoms with E-state index in [-0.39, 0.29) is 6.03 Å². The average Bonchev–Trinajstić information content (AvgIpc) is 3.09. The fraction of sp³-hybridized carbons (Fsp3) is 0.412. The number of nitrogens with one attached hydrogen (secondary N) is 2. The van der Waals surface area contributed by atoms with E-state index in [9.17, 15) is 4.79 Å². The highest BCUT2D eigenvalue weighted by Crippen LogP contribution is 2.17. The van der Waals surface area contributed by atoms with Gasteiger partial charge in [-0.3, -0.25) is 0 Å². The smallest absolute Gasteiger partial charge is 0.315 e. The van der Waals surface area contributed by atoms with Gasteiger partial charge in [0.05, 0.1) is 6.33 Å². The maximum atomic E-state index is 11.9. The summed E-state index contributed by atoms with van der Waals surface area (Å²) < 4.78 is 1.95. The summed E-state index contributed by atoms with van der Waals surface area (Å²) in [5.74, 6) is 0. The van der Waals surface area contributed by atoms with E-state index in [0.717, 1.165) is 24.1 Å². The molecule has 2 amide bonds. The first-order valence-electron chi connectivity index (χ1n) is 7.93. The minimum atomic E-state index is -0.0643. The Labute approximate surface area is 130 Å². The number of imidazole rings is 1. The van der Waals surface area contributed by atoms with Gasteiger partial charge in [-0.05, 0) is 30.5 Å². The lowest BCUT2D eigenvalue weighted by Crippen LogP contribution is -2.42. The minimum absolute atomic E-state index is 0.0643. The Morgan fingerprint density at radius 1 is 1.18 bits per heavy atom. The molecule has 0 atom stereocenters. The number of carbonyl (C=O) groups is 1. The van der Waals surface area contributed by atoms with Crippen molar-refractivity contribution in [1.29, 1.82) is 0 Å². The van der Waals surface area contributed by atoms with Gasteiger partial charge in [-0.1, -0.05) is 31.4 Å². The second-order valence-electron chi connectivity index (χ2n) is 5.80. The summed E-state index contributed by atoms with van der Waals surface area (Å²) in [4.78, 5) is 15.9. The van der Waals surface area contributed by atoms with E-state index < -0.39 is 0 Å². The van der Waals surface area contributed by atoms with Crippen LogP contribution in [0.5, 0.6) is 0 Å². The summed E-state index contributed by atoms with van der Waals surface area (Å²) in [5, 5.41) is 5.99. The summed E-state index contributed by atoms with van der Waals surface area (Å²) in [6.07, 6.45) is 11.4. The molecule has 2 N–H and O–H groups in total. The van der Waals surface area contributed by atoms with Crippen molar-refractivity contribution < 1.29 is 4.79 Å². The van der Waals surface area contributed by atoms with E-state index in [2.05, 4.69) is 15.6 Å². The topological polar surface area (TPSA) is 59.0 Å². The first-order valence-corrected chi connectivity index (χ1v) is 7.93. The molecule has 1 fully saturated rings. The second-order valence-corrected chi connectivity index (χ2v) is 5.80. The molecule has 5 nitrogen and oxygen atoms in total. The van der Waals surface area contributed by atoms with Gasteiger partial charge in [-0.15, -0.1) is 0 Å². The SMILES string of the molecule is O=C(NCc1ccc(-n2ccnc2)cc1)NC1CCCCC1. The third-order valence-electron chi connectivity index (χ3n) is 4.13. The number of benzene rings is 1. The molecule has 0 aliphatic heterocycles. The van der Waals surface area contributed by atoms with Crippen molar-refractivity contribution in [3.05, 3.63) is 48.5 Å². The van der Waals surface area contributed by atoms with Crippen molar-refractivity contribution in [2.75, 3.05) is 0 Å². The molecule has 2 aromatic rings. The highest BCUT2D eigenvalue weighted by atomic mass is 16.2. The molecule has 3 rings (SSSR count). The first kappa shape index (κ1) is 14.6. The lowest BCUT2D eigenvalue weighted by atomic mass is 9.96. The standard InChI is InChI=1S/C17H22N4O/c22-17(20-15-4-2-1-3-5-15)19-12-14-6-8-16(9-7-14)21-11-10-18-13-21/h6-11,13,15H,1-5,12H2,(H2,19,20,22). The first-order chi connectivity index (χ1) is 10.8. The zero-order chi connectivity index (χ0) is 15.2. The average molecular weight is 298 g/mol. The number of hydrogen-bond acceptors (Lipinski definition) is 2. The largest absolute Gasteiger partial charge is 0.335 e. The zero-order valence-electron chi connectivity index (χ0n) is 12.7. The van der Waals surface area contributed by atoms with Crippen LogP contribution < -0.4 is 10.6 Å². The molecule has 22 heavy (non-hydrogen) atoms. The number of urea groups is 1. The van der Waals surface area contributed by atoms with Crippen LogP contribution in [-0.2, 0) is 6.54 Å². The summed E-state index contributed by atoms with van der Waals surface area (Å²) in [7, 11) is 0. The van der Waals surface area contributed by atoms with Crippen LogP contribution in [0.15, 0.2) is 43.0 Å². The number of rotatable bonds is 4. The van der Waals surface area contributed by atoms with Gasteiger partial charge in [0.2, 0.25) is 0 Å². The predicted molar refractivity (Wildman–Crippen MR) is 85.8 cm³/mol. The number of carbonyl (C=O) groups excluding carboxylic acids is 1. The molecule has 5 heteroatoms. The van der Waals surface area contributed by atoms with Gasteiger partial charge in [-0.25, -0.2) is 9.78 Å². The molecule has 116 valence electrons. The Balaban J connectivity index is 1.47. The van der Waals surface area contributed by atoms with Gasteiger partial charge in [0, 0.05) is 30.7 Å². The van der Waals surface area contributed by atoms with Crippen molar-refractivity contribution in [2.24, 2.45) is 0 Å². The molecule has 0 unspecified atom stereocenters. The maximum Gasteiger partial charge on any atom is 0.315 e. The lowest BCUT2D eigenvalue weighted by molar-refractivity contribution is 0.232. The minimum Gasteiger partial charge on any atom is -0.335 e. The highest BCUT2D eigenvalue weighted by molar-refractivity contribution is 5.74. The van der Waals surface area contributed by atoms with E-state index in [1.165, 1.54) is 19.3 Å². The van der Waals surface area contributed by atoms with E-state index in [0.29, 0.717) is 12.6 Å². The Kier molecular flexibility index (Phi) is 4.73. The molecule has 1 aliphatic carbocycles. The van der Waals surface area contributed by atoms with Gasteiger partial charge < -0.3 is 15.2 Å². The molecular formula is C17H22N4O. The van der Waals surface area contributed by atoms with Gasteiger partial charge >= 0.3 is 6.03 Å². The molecular weight excluding hydrogens is 276 g/mol. The van der Waals surface area contributed by atoms with Crippen LogP contribution in [0.4, 0.5) is 4.79 Å². The number of nitrogens with zero attached hydrogens (tertiary/aromatic N) is 2. The van der Waals surface area contributed by atoms with E-state index in [1.807, 2.05) is 35.0 Å². The molecule has 0 bridgehead atoms. The van der Waals surface area contributed by atoms with Gasteiger partial charge in [-0.2, -0.15) is 0 Å². The normalized spacial score (nSPS) is 15.5. The summed E-state index contributed by atoms with van der Waals surface area (Å²) in [6, 6.07) is 8.38. The van der Waals surface area contributed by atoms with Crippen LogP contribution in [0.1, 0.15) is 37.7 Å². The quantitative estimate of drug-likeness (QED) is 0.911. The van der Waals surface area contributed by atoms with Crippen LogP contribution in [-0.4, -0.2) is 21.6 Å². The zero-order valence-corrected chi connectivity index (χ0v) is 12.7. The fourth-order valence-corrected chi connectivity index (χ4v) is 2.86. The van der Waals surface area contributed by atoms with Crippen LogP contribution in [0, 0.1) is 0 Å². The fourth-order valence-electron chi connectivity index (χ4n) is 2.86. The monoisotopic (exact) mass is 298 g/mol. The predicted octanol–water partition coefficient (Wildman–Crippen LogP) is 3.00. The van der Waals surface area contributed by atoms with Gasteiger partial charge in [0.1, 0.15) is 0 Å². The summed E-state index contributed by atoms with van der Waals surface area (Å²) in [5.41, 5.74) is 2.15. The van der Waals surface area contributed by atoms with Crippen molar-refractivity contribution in [2.45, 2.75) is 44.7 Å². The van der Waals surface area contributed by atoms with Crippen LogP contribution >= 0.6 is 0 Å². The Morgan fingerprint density at radius 2 is 1.95 bits per heavy atom.